The first-order valence-electron chi connectivity index (χ1n) is 14.9. The van der Waals surface area contributed by atoms with Crippen LogP contribution in [0.2, 0.25) is 13.1 Å². The minimum absolute atomic E-state index is 0.226. The van der Waals surface area contributed by atoms with Gasteiger partial charge in [0, 0.05) is 22.2 Å². The maximum Gasteiger partial charge on any atom is 0.155 e. The molecule has 0 saturated heterocycles. The Kier molecular flexibility index (Phi) is 5.63. The van der Waals surface area contributed by atoms with Crippen LogP contribution in [0.15, 0.2) is 127 Å². The van der Waals surface area contributed by atoms with Gasteiger partial charge in [0.2, 0.25) is 0 Å². The fourth-order valence-corrected chi connectivity index (χ4v) is 9.79. The van der Waals surface area contributed by atoms with E-state index in [1.165, 1.54) is 32.3 Å². The van der Waals surface area contributed by atoms with Crippen molar-refractivity contribution >= 4 is 46.3 Å². The Bertz CT molecular complexity index is 1950. The molecule has 0 atom stereocenters. The molecule has 0 bridgehead atoms. The number of fused-ring (bicyclic) bond motifs is 5. The molecule has 43 heavy (non-hydrogen) atoms. The Balaban J connectivity index is 1.41. The van der Waals surface area contributed by atoms with Crippen molar-refractivity contribution in [3.63, 3.8) is 0 Å². The van der Waals surface area contributed by atoms with Gasteiger partial charge in [-0.3, -0.25) is 0 Å². The molecule has 0 N–H and O–H groups in total. The van der Waals surface area contributed by atoms with Gasteiger partial charge in [-0.25, -0.2) is 0 Å². The molecule has 0 amide bonds. The van der Waals surface area contributed by atoms with Gasteiger partial charge in [0.05, 0.1) is 11.4 Å². The van der Waals surface area contributed by atoms with Gasteiger partial charge >= 0.3 is 0 Å². The number of benzene rings is 6. The Labute approximate surface area is 254 Å². The maximum absolute atomic E-state index is 6.85. The van der Waals surface area contributed by atoms with Gasteiger partial charge in [-0.2, -0.15) is 0 Å². The van der Waals surface area contributed by atoms with Crippen LogP contribution in [0.3, 0.4) is 0 Å². The third-order valence-electron chi connectivity index (χ3n) is 9.35. The fourth-order valence-electron chi connectivity index (χ4n) is 6.98. The van der Waals surface area contributed by atoms with Crippen molar-refractivity contribution in [1.29, 1.82) is 0 Å². The fraction of sp³-hybridized carbons (Fsp3) is 0.128. The monoisotopic (exact) mass is 575 g/mol. The second-order valence-electron chi connectivity index (χ2n) is 12.6. The lowest BCUT2D eigenvalue weighted by atomic mass is 9.75. The Hall–Kier alpha value is -4.80. The van der Waals surface area contributed by atoms with E-state index in [9.17, 15) is 0 Å². The second kappa shape index (κ2) is 9.35. The summed E-state index contributed by atoms with van der Waals surface area (Å²) < 4.78 is 13.7. The third kappa shape index (κ3) is 3.86. The maximum atomic E-state index is 6.85. The van der Waals surface area contributed by atoms with E-state index in [0.717, 1.165) is 40.1 Å². The van der Waals surface area contributed by atoms with Gasteiger partial charge in [-0.1, -0.05) is 118 Å². The van der Waals surface area contributed by atoms with Gasteiger partial charge in [0.25, 0.3) is 0 Å². The molecule has 2 aliphatic heterocycles. The van der Waals surface area contributed by atoms with E-state index >= 15 is 0 Å². The van der Waals surface area contributed by atoms with E-state index < -0.39 is 8.07 Å². The summed E-state index contributed by atoms with van der Waals surface area (Å²) in [4.78, 5) is 2.34. The molecule has 4 heteroatoms. The van der Waals surface area contributed by atoms with E-state index in [-0.39, 0.29) is 5.41 Å². The standard InChI is InChI=1S/C39H33NO2Si/c1-39(2)29-15-7-8-19-33(29)41-37-30(39)16-11-17-31(37)40(28-24-23-26-13-5-6-14-27(26)25-28)32-18-12-22-36-38(32)42-34-20-9-10-21-35(34)43(36,3)4/h5-25H,1-4H3. The van der Waals surface area contributed by atoms with Crippen LogP contribution in [0.1, 0.15) is 25.0 Å². The van der Waals surface area contributed by atoms with Crippen molar-refractivity contribution in [2.45, 2.75) is 32.4 Å². The summed E-state index contributed by atoms with van der Waals surface area (Å²) in [6.07, 6.45) is 0. The van der Waals surface area contributed by atoms with Crippen LogP contribution in [0.25, 0.3) is 10.8 Å². The van der Waals surface area contributed by atoms with Gasteiger partial charge in [0.15, 0.2) is 11.5 Å². The Morgan fingerprint density at radius 1 is 0.535 bits per heavy atom. The predicted molar refractivity (Wildman–Crippen MR) is 181 cm³/mol. The normalized spacial score (nSPS) is 15.3. The zero-order valence-corrected chi connectivity index (χ0v) is 25.9. The van der Waals surface area contributed by atoms with Crippen LogP contribution in [-0.2, 0) is 5.41 Å². The van der Waals surface area contributed by atoms with Crippen molar-refractivity contribution in [2.75, 3.05) is 4.90 Å². The predicted octanol–water partition coefficient (Wildman–Crippen LogP) is 9.67. The van der Waals surface area contributed by atoms with E-state index in [1.807, 2.05) is 0 Å². The molecule has 3 nitrogen and oxygen atoms in total. The summed E-state index contributed by atoms with van der Waals surface area (Å²) in [5, 5.41) is 5.02. The number of hydrogen-bond donors (Lipinski definition) is 0. The van der Waals surface area contributed by atoms with Crippen LogP contribution in [0, 0.1) is 0 Å². The number of ether oxygens (including phenoxy) is 2. The molecule has 2 heterocycles. The first-order valence-corrected chi connectivity index (χ1v) is 17.9. The molecule has 0 saturated carbocycles. The van der Waals surface area contributed by atoms with Crippen molar-refractivity contribution in [2.24, 2.45) is 0 Å². The number of rotatable bonds is 3. The van der Waals surface area contributed by atoms with E-state index in [4.69, 9.17) is 9.47 Å². The average Bonchev–Trinajstić information content (AvgIpc) is 3.02. The van der Waals surface area contributed by atoms with Crippen molar-refractivity contribution in [3.05, 3.63) is 139 Å². The van der Waals surface area contributed by atoms with Crippen molar-refractivity contribution in [3.8, 4) is 23.0 Å². The number of para-hydroxylation sites is 4. The number of hydrogen-bond acceptors (Lipinski definition) is 3. The molecular formula is C39H33NO2Si. The van der Waals surface area contributed by atoms with Crippen molar-refractivity contribution < 1.29 is 9.47 Å². The molecule has 0 radical (unpaired) electrons. The van der Waals surface area contributed by atoms with Gasteiger partial charge in [-0.05, 0) is 57.5 Å². The van der Waals surface area contributed by atoms with E-state index in [0.29, 0.717) is 0 Å². The largest absolute Gasteiger partial charge is 0.455 e. The van der Waals surface area contributed by atoms with E-state index in [2.05, 4.69) is 159 Å². The highest BCUT2D eigenvalue weighted by molar-refractivity contribution is 7.01. The minimum Gasteiger partial charge on any atom is -0.455 e. The Morgan fingerprint density at radius 3 is 1.98 bits per heavy atom. The zero-order chi connectivity index (χ0) is 29.3. The first kappa shape index (κ1) is 25.9. The molecule has 2 aliphatic rings. The second-order valence-corrected chi connectivity index (χ2v) is 16.9. The lowest BCUT2D eigenvalue weighted by Gasteiger charge is -2.39. The lowest BCUT2D eigenvalue weighted by Crippen LogP contribution is -2.56. The molecule has 0 aliphatic carbocycles. The Morgan fingerprint density at radius 2 is 1.14 bits per heavy atom. The number of nitrogens with zero attached hydrogens (tertiary/aromatic N) is 1. The summed E-state index contributed by atoms with van der Waals surface area (Å²) in [5.41, 5.74) is 5.20. The molecule has 8 rings (SSSR count). The highest BCUT2D eigenvalue weighted by Gasteiger charge is 2.40. The molecule has 0 unspecified atom stereocenters. The lowest BCUT2D eigenvalue weighted by molar-refractivity contribution is 0.419. The smallest absolute Gasteiger partial charge is 0.155 e. The molecule has 0 spiro atoms. The quantitative estimate of drug-likeness (QED) is 0.196. The van der Waals surface area contributed by atoms with E-state index in [1.54, 1.807) is 0 Å². The summed E-state index contributed by atoms with van der Waals surface area (Å²) in [6.45, 7) is 9.42. The molecule has 0 aromatic heterocycles. The molecule has 6 aromatic rings. The minimum atomic E-state index is -2.04. The highest BCUT2D eigenvalue weighted by Crippen LogP contribution is 2.54. The third-order valence-corrected chi connectivity index (χ3v) is 12.9. The highest BCUT2D eigenvalue weighted by atomic mass is 28.3. The molecule has 0 fully saturated rings. The molecule has 210 valence electrons. The summed E-state index contributed by atoms with van der Waals surface area (Å²) in [6, 6.07) is 45.3. The summed E-state index contributed by atoms with van der Waals surface area (Å²) in [5.74, 6) is 3.67. The van der Waals surface area contributed by atoms with Gasteiger partial charge in [-0.15, -0.1) is 0 Å². The molecular weight excluding hydrogens is 543 g/mol. The van der Waals surface area contributed by atoms with Gasteiger partial charge < -0.3 is 14.4 Å². The zero-order valence-electron chi connectivity index (χ0n) is 24.9. The van der Waals surface area contributed by atoms with Crippen LogP contribution < -0.4 is 24.7 Å². The summed E-state index contributed by atoms with van der Waals surface area (Å²) in [7, 11) is -2.04. The van der Waals surface area contributed by atoms with Crippen LogP contribution in [0.4, 0.5) is 17.1 Å². The molecule has 6 aromatic carbocycles. The van der Waals surface area contributed by atoms with Gasteiger partial charge in [0.1, 0.15) is 19.6 Å². The van der Waals surface area contributed by atoms with Crippen molar-refractivity contribution in [1.82, 2.24) is 0 Å². The summed E-state index contributed by atoms with van der Waals surface area (Å²) >= 11 is 0. The van der Waals surface area contributed by atoms with Crippen LogP contribution in [-0.4, -0.2) is 8.07 Å². The van der Waals surface area contributed by atoms with Crippen LogP contribution >= 0.6 is 0 Å². The average molecular weight is 576 g/mol. The number of anilines is 3. The van der Waals surface area contributed by atoms with Crippen LogP contribution in [0.5, 0.6) is 23.0 Å². The topological polar surface area (TPSA) is 21.7 Å². The first-order chi connectivity index (χ1) is 20.8. The SMILES string of the molecule is CC1(C)c2ccccc2Oc2c(N(c3ccc4ccccc4c3)c3cccc4c3Oc3ccccc3[Si]4(C)C)cccc21.